The highest BCUT2D eigenvalue weighted by molar-refractivity contribution is 5.71. The lowest BCUT2D eigenvalue weighted by molar-refractivity contribution is -0.181. The lowest BCUT2D eigenvalue weighted by atomic mass is 9.49. The van der Waals surface area contributed by atoms with Gasteiger partial charge in [-0.2, -0.15) is 0 Å². The van der Waals surface area contributed by atoms with Gasteiger partial charge in [0, 0.05) is 11.8 Å². The molecule has 5 aliphatic rings. The summed E-state index contributed by atoms with van der Waals surface area (Å²) in [5.74, 6) is 2.89. The fraction of sp³-hybridized carbons (Fsp3) is 0.963. The second kappa shape index (κ2) is 7.45. The van der Waals surface area contributed by atoms with Crippen molar-refractivity contribution in [2.75, 3.05) is 0 Å². The molecule has 0 aromatic heterocycles. The first-order valence-corrected chi connectivity index (χ1v) is 13.2. The number of ether oxygens (including phenoxy) is 2. The Bertz CT molecular complexity index is 720. The van der Waals surface area contributed by atoms with Crippen molar-refractivity contribution in [3.05, 3.63) is 0 Å². The number of esters is 1. The Morgan fingerprint density at radius 1 is 1.03 bits per heavy atom. The van der Waals surface area contributed by atoms with Crippen LogP contribution >= 0.6 is 0 Å². The third kappa shape index (κ3) is 3.17. The quantitative estimate of drug-likeness (QED) is 0.446. The second-order valence-electron chi connectivity index (χ2n) is 12.8. The molecule has 0 aromatic carbocycles. The molecule has 31 heavy (non-hydrogen) atoms. The number of fused-ring (bicyclic) bond motifs is 4. The zero-order valence-corrected chi connectivity index (χ0v) is 20.4. The van der Waals surface area contributed by atoms with Crippen molar-refractivity contribution in [1.82, 2.24) is 0 Å². The minimum Gasteiger partial charge on any atom is -0.429 e. The van der Waals surface area contributed by atoms with E-state index in [1.54, 1.807) is 0 Å². The zero-order chi connectivity index (χ0) is 22.2. The highest BCUT2D eigenvalue weighted by atomic mass is 16.8. The summed E-state index contributed by atoms with van der Waals surface area (Å²) in [6.45, 7) is 12.0. The molecule has 0 unspecified atom stereocenters. The van der Waals surface area contributed by atoms with E-state index in [0.29, 0.717) is 29.6 Å². The summed E-state index contributed by atoms with van der Waals surface area (Å²) in [6.07, 6.45) is 10.5. The first-order valence-electron chi connectivity index (χ1n) is 13.2. The number of carbonyl (C=O) groups excluding carboxylic acids is 1. The average Bonchev–Trinajstić information content (AvgIpc) is 3.34. The Labute approximate surface area is 188 Å². The summed E-state index contributed by atoms with van der Waals surface area (Å²) in [5.41, 5.74) is 0.195. The number of rotatable bonds is 5. The van der Waals surface area contributed by atoms with Gasteiger partial charge in [0.15, 0.2) is 6.10 Å². The Morgan fingerprint density at radius 3 is 2.55 bits per heavy atom. The van der Waals surface area contributed by atoms with Gasteiger partial charge in [0.25, 0.3) is 0 Å². The zero-order valence-electron chi connectivity index (χ0n) is 20.4. The molecular formula is C27H44O4. The lowest BCUT2D eigenvalue weighted by Crippen LogP contribution is -2.54. The minimum atomic E-state index is -0.850. The number of aliphatic hydroxyl groups is 1. The van der Waals surface area contributed by atoms with Gasteiger partial charge in [-0.15, -0.1) is 0 Å². The van der Waals surface area contributed by atoms with Gasteiger partial charge in [-0.05, 0) is 79.4 Å². The summed E-state index contributed by atoms with van der Waals surface area (Å²) < 4.78 is 12.1. The van der Waals surface area contributed by atoms with E-state index in [9.17, 15) is 9.90 Å². The van der Waals surface area contributed by atoms with E-state index < -0.39 is 11.9 Å². The van der Waals surface area contributed by atoms with E-state index in [2.05, 4.69) is 34.6 Å². The van der Waals surface area contributed by atoms with Gasteiger partial charge in [-0.3, -0.25) is 4.79 Å². The van der Waals surface area contributed by atoms with Crippen molar-refractivity contribution in [2.24, 2.45) is 46.3 Å². The molecule has 5 fully saturated rings. The molecule has 3 saturated carbocycles. The van der Waals surface area contributed by atoms with Crippen molar-refractivity contribution >= 4 is 5.97 Å². The number of aliphatic hydroxyl groups excluding tert-OH is 1. The second-order valence-corrected chi connectivity index (χ2v) is 12.8. The largest absolute Gasteiger partial charge is 0.429 e. The molecule has 4 heteroatoms. The van der Waals surface area contributed by atoms with E-state index in [1.807, 2.05) is 0 Å². The third-order valence-electron chi connectivity index (χ3n) is 10.8. The van der Waals surface area contributed by atoms with Crippen LogP contribution in [0.3, 0.4) is 0 Å². The molecule has 2 aliphatic heterocycles. The number of hydrogen-bond acceptors (Lipinski definition) is 4. The maximum absolute atomic E-state index is 13.0. The molecule has 2 saturated heterocycles. The van der Waals surface area contributed by atoms with Crippen LogP contribution in [0.4, 0.5) is 0 Å². The summed E-state index contributed by atoms with van der Waals surface area (Å²) >= 11 is 0. The Morgan fingerprint density at radius 2 is 1.81 bits per heavy atom. The van der Waals surface area contributed by atoms with E-state index in [1.165, 1.54) is 44.9 Å². The average molecular weight is 433 g/mol. The van der Waals surface area contributed by atoms with Gasteiger partial charge in [0.2, 0.25) is 5.79 Å². The molecule has 1 N–H and O–H groups in total. The summed E-state index contributed by atoms with van der Waals surface area (Å²) in [5, 5.41) is 10.4. The molecule has 0 amide bonds. The lowest BCUT2D eigenvalue weighted by Gasteiger charge is -2.54. The first-order chi connectivity index (χ1) is 14.6. The van der Waals surface area contributed by atoms with Crippen LogP contribution in [0.5, 0.6) is 0 Å². The summed E-state index contributed by atoms with van der Waals surface area (Å²) in [4.78, 5) is 13.0. The van der Waals surface area contributed by atoms with Gasteiger partial charge in [-0.25, -0.2) is 0 Å². The fourth-order valence-electron chi connectivity index (χ4n) is 9.15. The van der Waals surface area contributed by atoms with Crippen LogP contribution in [0.2, 0.25) is 0 Å². The molecule has 10 atom stereocenters. The monoisotopic (exact) mass is 432 g/mol. The summed E-state index contributed by atoms with van der Waals surface area (Å²) in [7, 11) is 0. The molecule has 1 spiro atoms. The van der Waals surface area contributed by atoms with Crippen LogP contribution in [0.15, 0.2) is 0 Å². The SMILES string of the molecule is CC(C)CCC[C@@H](C)[C@H]1CC[C@H]2[C@@H]3CC(=O)O[C@@]45O[C@@H]4[C@H](O)CC[C@]5(C)[C@H]3CC[C@]12C. The molecule has 3 aliphatic carbocycles. The number of epoxide rings is 1. The van der Waals surface area contributed by atoms with Gasteiger partial charge < -0.3 is 14.6 Å². The predicted molar refractivity (Wildman–Crippen MR) is 120 cm³/mol. The van der Waals surface area contributed by atoms with Crippen molar-refractivity contribution in [3.8, 4) is 0 Å². The minimum absolute atomic E-state index is 0.0898. The number of hydrogen-bond donors (Lipinski definition) is 1. The van der Waals surface area contributed by atoms with E-state index in [-0.39, 0.29) is 17.5 Å². The molecule has 0 radical (unpaired) electrons. The Kier molecular flexibility index (Phi) is 5.33. The van der Waals surface area contributed by atoms with Crippen molar-refractivity contribution < 1.29 is 19.4 Å². The van der Waals surface area contributed by atoms with Crippen LogP contribution in [0, 0.1) is 46.3 Å². The highest BCUT2D eigenvalue weighted by Crippen LogP contribution is 2.71. The van der Waals surface area contributed by atoms with Crippen molar-refractivity contribution in [3.63, 3.8) is 0 Å². The maximum Gasteiger partial charge on any atom is 0.308 e. The van der Waals surface area contributed by atoms with Crippen LogP contribution in [-0.2, 0) is 14.3 Å². The molecule has 0 aromatic rings. The van der Waals surface area contributed by atoms with Gasteiger partial charge in [-0.1, -0.05) is 53.9 Å². The standard InChI is InChI=1S/C27H44O4/c1-16(2)7-6-8-17(3)19-9-10-20-18-15-23(29)30-27-24(31-27)22(28)12-14-26(27,5)21(18)11-13-25(19,20)4/h16-22,24,28H,6-15H2,1-5H3/t17-,18+,19-,20+,21+,22-,24-,25-,26-,27-/m1/s1. The van der Waals surface area contributed by atoms with Gasteiger partial charge in [0.05, 0.1) is 6.10 Å². The molecule has 5 rings (SSSR count). The van der Waals surface area contributed by atoms with Gasteiger partial charge in [0.1, 0.15) is 0 Å². The van der Waals surface area contributed by atoms with E-state index in [0.717, 1.165) is 30.6 Å². The van der Waals surface area contributed by atoms with Crippen LogP contribution < -0.4 is 0 Å². The topological polar surface area (TPSA) is 59.1 Å². The van der Waals surface area contributed by atoms with Crippen LogP contribution in [0.25, 0.3) is 0 Å². The summed E-state index contributed by atoms with van der Waals surface area (Å²) in [6, 6.07) is 0. The van der Waals surface area contributed by atoms with E-state index >= 15 is 0 Å². The van der Waals surface area contributed by atoms with Gasteiger partial charge >= 0.3 is 5.97 Å². The molecule has 2 heterocycles. The van der Waals surface area contributed by atoms with Crippen LogP contribution in [0.1, 0.15) is 98.8 Å². The smallest absolute Gasteiger partial charge is 0.308 e. The van der Waals surface area contributed by atoms with Crippen molar-refractivity contribution in [2.45, 2.75) is 117 Å². The highest BCUT2D eigenvalue weighted by Gasteiger charge is 2.79. The van der Waals surface area contributed by atoms with Crippen molar-refractivity contribution in [1.29, 1.82) is 0 Å². The third-order valence-corrected chi connectivity index (χ3v) is 10.8. The molecule has 4 nitrogen and oxygen atoms in total. The maximum atomic E-state index is 13.0. The molecular weight excluding hydrogens is 388 g/mol. The molecule has 0 bridgehead atoms. The normalized spacial score (nSPS) is 51.8. The first kappa shape index (κ1) is 22.2. The predicted octanol–water partition coefficient (Wildman–Crippen LogP) is 5.71. The number of carbonyl (C=O) groups is 1. The fourth-order valence-corrected chi connectivity index (χ4v) is 9.15. The Hall–Kier alpha value is -0.610. The molecule has 176 valence electrons. The Balaban J connectivity index is 1.38. The van der Waals surface area contributed by atoms with Crippen LogP contribution in [-0.4, -0.2) is 29.1 Å². The van der Waals surface area contributed by atoms with E-state index in [4.69, 9.17) is 9.47 Å².